The minimum absolute atomic E-state index is 0.0862. The summed E-state index contributed by atoms with van der Waals surface area (Å²) in [6.07, 6.45) is 5.35. The molecular formula is C16H26N2O3S. The van der Waals surface area contributed by atoms with E-state index in [1.807, 2.05) is 6.92 Å². The molecule has 1 atom stereocenters. The average Bonchev–Trinajstić information content (AvgIpc) is 2.43. The lowest BCUT2D eigenvalue weighted by Gasteiger charge is -2.14. The van der Waals surface area contributed by atoms with E-state index in [0.29, 0.717) is 5.69 Å². The number of unbranched alkanes of at least 4 members (excludes halogenated alkanes) is 3. The van der Waals surface area contributed by atoms with Gasteiger partial charge in [0.15, 0.2) is 0 Å². The topological polar surface area (TPSA) is 75.3 Å². The lowest BCUT2D eigenvalue weighted by atomic mass is 10.1. The summed E-state index contributed by atoms with van der Waals surface area (Å²) in [5.41, 5.74) is 0.582. The van der Waals surface area contributed by atoms with Gasteiger partial charge >= 0.3 is 0 Å². The van der Waals surface area contributed by atoms with Crippen molar-refractivity contribution in [3.63, 3.8) is 0 Å². The maximum atomic E-state index is 12.3. The van der Waals surface area contributed by atoms with Crippen LogP contribution in [0.15, 0.2) is 29.2 Å². The van der Waals surface area contributed by atoms with E-state index in [9.17, 15) is 13.2 Å². The van der Waals surface area contributed by atoms with Crippen LogP contribution in [0.5, 0.6) is 0 Å². The van der Waals surface area contributed by atoms with E-state index in [-0.39, 0.29) is 16.8 Å². The fraction of sp³-hybridized carbons (Fsp3) is 0.562. The van der Waals surface area contributed by atoms with Crippen molar-refractivity contribution in [1.29, 1.82) is 0 Å². The SMILES string of the molecule is CCCCCCC(C)NS(=O)(=O)c1ccc(NC(C)=O)cc1. The summed E-state index contributed by atoms with van der Waals surface area (Å²) in [6.45, 7) is 5.44. The maximum Gasteiger partial charge on any atom is 0.240 e. The van der Waals surface area contributed by atoms with Gasteiger partial charge in [0, 0.05) is 18.7 Å². The highest BCUT2D eigenvalue weighted by Gasteiger charge is 2.17. The Morgan fingerprint density at radius 1 is 1.14 bits per heavy atom. The van der Waals surface area contributed by atoms with Crippen molar-refractivity contribution >= 4 is 21.6 Å². The number of anilines is 1. The molecule has 0 fully saturated rings. The number of sulfonamides is 1. The molecule has 1 rings (SSSR count). The number of carbonyl (C=O) groups is 1. The highest BCUT2D eigenvalue weighted by molar-refractivity contribution is 7.89. The Labute approximate surface area is 133 Å². The summed E-state index contributed by atoms with van der Waals surface area (Å²) in [5, 5.41) is 2.61. The van der Waals surface area contributed by atoms with Crippen LogP contribution >= 0.6 is 0 Å². The third-order valence-electron chi connectivity index (χ3n) is 3.33. The van der Waals surface area contributed by atoms with Crippen LogP contribution in [0.25, 0.3) is 0 Å². The van der Waals surface area contributed by atoms with Gasteiger partial charge in [-0.2, -0.15) is 0 Å². The van der Waals surface area contributed by atoms with Gasteiger partial charge in [-0.25, -0.2) is 13.1 Å². The van der Waals surface area contributed by atoms with Gasteiger partial charge in [0.2, 0.25) is 15.9 Å². The van der Waals surface area contributed by atoms with Gasteiger partial charge < -0.3 is 5.32 Å². The Balaban J connectivity index is 2.59. The van der Waals surface area contributed by atoms with Crippen LogP contribution < -0.4 is 10.0 Å². The Hall–Kier alpha value is -1.40. The molecule has 0 radical (unpaired) electrons. The second kappa shape index (κ2) is 8.90. The van der Waals surface area contributed by atoms with Gasteiger partial charge in [0.25, 0.3) is 0 Å². The predicted octanol–water partition coefficient (Wildman–Crippen LogP) is 3.28. The number of hydrogen-bond acceptors (Lipinski definition) is 3. The van der Waals surface area contributed by atoms with Crippen molar-refractivity contribution < 1.29 is 13.2 Å². The first-order chi connectivity index (χ1) is 10.3. The Kier molecular flexibility index (Phi) is 7.55. The van der Waals surface area contributed by atoms with E-state index in [2.05, 4.69) is 17.0 Å². The van der Waals surface area contributed by atoms with E-state index < -0.39 is 10.0 Å². The fourth-order valence-corrected chi connectivity index (χ4v) is 3.47. The molecule has 0 spiro atoms. The largest absolute Gasteiger partial charge is 0.326 e. The lowest BCUT2D eigenvalue weighted by Crippen LogP contribution is -2.32. The first-order valence-corrected chi connectivity index (χ1v) is 9.23. The van der Waals surface area contributed by atoms with Crippen LogP contribution in [0, 0.1) is 0 Å². The average molecular weight is 326 g/mol. The van der Waals surface area contributed by atoms with Gasteiger partial charge in [0.05, 0.1) is 4.90 Å². The van der Waals surface area contributed by atoms with Crippen molar-refractivity contribution in [2.24, 2.45) is 0 Å². The third kappa shape index (κ3) is 6.58. The lowest BCUT2D eigenvalue weighted by molar-refractivity contribution is -0.114. The van der Waals surface area contributed by atoms with Gasteiger partial charge in [-0.3, -0.25) is 4.79 Å². The molecule has 1 unspecified atom stereocenters. The number of benzene rings is 1. The molecule has 1 aromatic carbocycles. The van der Waals surface area contributed by atoms with E-state index in [1.54, 1.807) is 12.1 Å². The van der Waals surface area contributed by atoms with Crippen LogP contribution in [-0.2, 0) is 14.8 Å². The van der Waals surface area contributed by atoms with Gasteiger partial charge in [-0.15, -0.1) is 0 Å². The molecule has 0 aliphatic rings. The third-order valence-corrected chi connectivity index (χ3v) is 4.94. The molecule has 0 aliphatic heterocycles. The van der Waals surface area contributed by atoms with E-state index in [1.165, 1.54) is 31.9 Å². The molecular weight excluding hydrogens is 300 g/mol. The number of carbonyl (C=O) groups excluding carboxylic acids is 1. The number of amides is 1. The summed E-state index contributed by atoms with van der Waals surface area (Å²) >= 11 is 0. The zero-order valence-corrected chi connectivity index (χ0v) is 14.4. The summed E-state index contributed by atoms with van der Waals surface area (Å²) in [5.74, 6) is -0.186. The molecule has 1 aromatic rings. The first kappa shape index (κ1) is 18.6. The van der Waals surface area contributed by atoms with Crippen molar-refractivity contribution in [2.75, 3.05) is 5.32 Å². The zero-order chi connectivity index (χ0) is 16.6. The molecule has 124 valence electrons. The van der Waals surface area contributed by atoms with Crippen molar-refractivity contribution in [2.45, 2.75) is 63.8 Å². The minimum Gasteiger partial charge on any atom is -0.326 e. The Morgan fingerprint density at radius 2 is 1.77 bits per heavy atom. The summed E-state index contributed by atoms with van der Waals surface area (Å²) in [7, 11) is -3.51. The highest BCUT2D eigenvalue weighted by atomic mass is 32.2. The monoisotopic (exact) mass is 326 g/mol. The highest BCUT2D eigenvalue weighted by Crippen LogP contribution is 2.15. The van der Waals surface area contributed by atoms with Crippen LogP contribution in [0.3, 0.4) is 0 Å². The molecule has 0 saturated carbocycles. The van der Waals surface area contributed by atoms with E-state index >= 15 is 0 Å². The molecule has 0 aliphatic carbocycles. The second-order valence-corrected chi connectivity index (χ2v) is 7.29. The van der Waals surface area contributed by atoms with E-state index in [4.69, 9.17) is 0 Å². The number of nitrogens with one attached hydrogen (secondary N) is 2. The first-order valence-electron chi connectivity index (χ1n) is 7.75. The normalized spacial score (nSPS) is 12.9. The molecule has 0 aromatic heterocycles. The maximum absolute atomic E-state index is 12.3. The molecule has 2 N–H and O–H groups in total. The molecule has 0 saturated heterocycles. The number of rotatable bonds is 9. The summed E-state index contributed by atoms with van der Waals surface area (Å²) in [6, 6.07) is 6.08. The summed E-state index contributed by atoms with van der Waals surface area (Å²) in [4.78, 5) is 11.2. The fourth-order valence-electron chi connectivity index (χ4n) is 2.19. The molecule has 5 nitrogen and oxygen atoms in total. The Morgan fingerprint density at radius 3 is 2.32 bits per heavy atom. The molecule has 0 bridgehead atoms. The molecule has 6 heteroatoms. The van der Waals surface area contributed by atoms with E-state index in [0.717, 1.165) is 19.3 Å². The minimum atomic E-state index is -3.51. The second-order valence-electron chi connectivity index (χ2n) is 5.58. The quantitative estimate of drug-likeness (QED) is 0.684. The molecule has 1 amide bonds. The van der Waals surface area contributed by atoms with Crippen molar-refractivity contribution in [1.82, 2.24) is 4.72 Å². The van der Waals surface area contributed by atoms with Crippen LogP contribution in [0.4, 0.5) is 5.69 Å². The van der Waals surface area contributed by atoms with Crippen LogP contribution in [-0.4, -0.2) is 20.4 Å². The van der Waals surface area contributed by atoms with Gasteiger partial charge in [-0.05, 0) is 37.6 Å². The van der Waals surface area contributed by atoms with Crippen molar-refractivity contribution in [3.8, 4) is 0 Å². The number of hydrogen-bond donors (Lipinski definition) is 2. The zero-order valence-electron chi connectivity index (χ0n) is 13.6. The Bertz CT molecular complexity index is 568. The standard InChI is InChI=1S/C16H26N2O3S/c1-4-5-6-7-8-13(2)18-22(20,21)16-11-9-15(10-12-16)17-14(3)19/h9-13,18H,4-8H2,1-3H3,(H,17,19). The predicted molar refractivity (Wildman–Crippen MR) is 89.3 cm³/mol. The van der Waals surface area contributed by atoms with Gasteiger partial charge in [-0.1, -0.05) is 32.6 Å². The van der Waals surface area contributed by atoms with Crippen molar-refractivity contribution in [3.05, 3.63) is 24.3 Å². The van der Waals surface area contributed by atoms with Gasteiger partial charge in [0.1, 0.15) is 0 Å². The summed E-state index contributed by atoms with van der Waals surface area (Å²) < 4.78 is 27.2. The molecule has 0 heterocycles. The van der Waals surface area contributed by atoms with Crippen LogP contribution in [0.2, 0.25) is 0 Å². The van der Waals surface area contributed by atoms with Crippen LogP contribution in [0.1, 0.15) is 52.9 Å². The molecule has 22 heavy (non-hydrogen) atoms. The smallest absolute Gasteiger partial charge is 0.240 e.